The van der Waals surface area contributed by atoms with E-state index in [-0.39, 0.29) is 0 Å². The molecule has 0 bridgehead atoms. The maximum atomic E-state index is 10.1. The number of hydrogen-bond donors (Lipinski definition) is 4. The molecule has 0 fully saturated rings. The van der Waals surface area contributed by atoms with E-state index < -0.39 is 30.4 Å². The molecule has 6 N–H and O–H groups in total. The highest BCUT2D eigenvalue weighted by atomic mass is 16.4. The van der Waals surface area contributed by atoms with Crippen LogP contribution < -0.4 is 11.5 Å². The summed E-state index contributed by atoms with van der Waals surface area (Å²) in [6.45, 7) is 0. The van der Waals surface area contributed by atoms with Gasteiger partial charge in [0.25, 0.3) is 0 Å². The Morgan fingerprint density at radius 1 is 1.27 bits per heavy atom. The largest absolute Gasteiger partial charge is 0.481 e. The minimum atomic E-state index is -1.31. The van der Waals surface area contributed by atoms with Crippen LogP contribution in [0.2, 0.25) is 0 Å². The molecule has 0 aliphatic carbocycles. The quantitative estimate of drug-likeness (QED) is 0.386. The Bertz CT molecular complexity index is 170. The van der Waals surface area contributed by atoms with Gasteiger partial charge in [0.05, 0.1) is 6.42 Å². The van der Waals surface area contributed by atoms with Crippen molar-refractivity contribution in [3.63, 3.8) is 0 Å². The SMILES string of the molecule is NC(CC(=O)O)[C@H](N)C(=O)O. The fourth-order valence-electron chi connectivity index (χ4n) is 0.512. The van der Waals surface area contributed by atoms with Gasteiger partial charge in [-0.25, -0.2) is 0 Å². The van der Waals surface area contributed by atoms with Gasteiger partial charge >= 0.3 is 11.9 Å². The minimum Gasteiger partial charge on any atom is -0.481 e. The number of carboxylic acid groups (broad SMARTS) is 2. The van der Waals surface area contributed by atoms with Crippen molar-refractivity contribution in [2.75, 3.05) is 0 Å². The monoisotopic (exact) mass is 162 g/mol. The third-order valence-electron chi connectivity index (χ3n) is 1.16. The number of rotatable bonds is 4. The molecule has 0 saturated carbocycles. The van der Waals surface area contributed by atoms with Crippen molar-refractivity contribution < 1.29 is 19.8 Å². The van der Waals surface area contributed by atoms with E-state index in [9.17, 15) is 9.59 Å². The summed E-state index contributed by atoms with van der Waals surface area (Å²) in [6, 6.07) is -2.35. The maximum absolute atomic E-state index is 10.1. The number of nitrogens with two attached hydrogens (primary N) is 2. The highest BCUT2D eigenvalue weighted by Crippen LogP contribution is 1.93. The molecule has 11 heavy (non-hydrogen) atoms. The Morgan fingerprint density at radius 2 is 1.73 bits per heavy atom. The highest BCUT2D eigenvalue weighted by Gasteiger charge is 2.22. The molecule has 0 aromatic heterocycles. The van der Waals surface area contributed by atoms with Crippen molar-refractivity contribution in [2.45, 2.75) is 18.5 Å². The molecule has 2 atom stereocenters. The first-order valence-electron chi connectivity index (χ1n) is 2.91. The van der Waals surface area contributed by atoms with Gasteiger partial charge in [-0.3, -0.25) is 9.59 Å². The van der Waals surface area contributed by atoms with E-state index in [4.69, 9.17) is 21.7 Å². The van der Waals surface area contributed by atoms with Crippen molar-refractivity contribution >= 4 is 11.9 Å². The lowest BCUT2D eigenvalue weighted by Crippen LogP contribution is -2.48. The van der Waals surface area contributed by atoms with Crippen LogP contribution in [0.5, 0.6) is 0 Å². The second-order valence-corrected chi connectivity index (χ2v) is 2.13. The molecule has 1 unspecified atom stereocenters. The van der Waals surface area contributed by atoms with Crippen LogP contribution in [-0.2, 0) is 9.59 Å². The van der Waals surface area contributed by atoms with Gasteiger partial charge in [0.2, 0.25) is 0 Å². The number of hydrogen-bond acceptors (Lipinski definition) is 4. The minimum absolute atomic E-state index is 0.437. The van der Waals surface area contributed by atoms with Gasteiger partial charge in [0.15, 0.2) is 0 Å². The average molecular weight is 162 g/mol. The Hall–Kier alpha value is -1.14. The smallest absolute Gasteiger partial charge is 0.322 e. The van der Waals surface area contributed by atoms with Crippen LogP contribution in [0.3, 0.4) is 0 Å². The van der Waals surface area contributed by atoms with E-state index in [1.165, 1.54) is 0 Å². The van der Waals surface area contributed by atoms with E-state index in [0.29, 0.717) is 0 Å². The van der Waals surface area contributed by atoms with Gasteiger partial charge in [0, 0.05) is 6.04 Å². The number of carboxylic acids is 2. The van der Waals surface area contributed by atoms with Gasteiger partial charge in [0.1, 0.15) is 6.04 Å². The first-order chi connectivity index (χ1) is 4.95. The summed E-state index contributed by atoms with van der Waals surface area (Å²) in [6.07, 6.45) is -0.437. The standard InChI is InChI=1S/C5H10N2O4/c6-2(1-3(8)9)4(7)5(10)11/h2,4H,1,6-7H2,(H,8,9)(H,10,11)/t2?,4-/m0/s1. The summed E-state index contributed by atoms with van der Waals surface area (Å²) < 4.78 is 0. The van der Waals surface area contributed by atoms with Crippen LogP contribution in [0, 0.1) is 0 Å². The van der Waals surface area contributed by atoms with Crippen LogP contribution in [0.15, 0.2) is 0 Å². The van der Waals surface area contributed by atoms with E-state index in [1.807, 2.05) is 0 Å². The molecule has 6 nitrogen and oxygen atoms in total. The lowest BCUT2D eigenvalue weighted by Gasteiger charge is -2.12. The van der Waals surface area contributed by atoms with Gasteiger partial charge in [-0.05, 0) is 0 Å². The predicted molar refractivity (Wildman–Crippen MR) is 35.8 cm³/mol. The average Bonchev–Trinajstić information content (AvgIpc) is 1.84. The lowest BCUT2D eigenvalue weighted by molar-refractivity contribution is -0.140. The summed E-state index contributed by atoms with van der Waals surface area (Å²) in [7, 11) is 0. The molecular formula is C5H10N2O4. The molecule has 0 radical (unpaired) electrons. The molecule has 0 amide bonds. The molecule has 0 heterocycles. The van der Waals surface area contributed by atoms with Crippen LogP contribution in [0.4, 0.5) is 0 Å². The van der Waals surface area contributed by atoms with Crippen molar-refractivity contribution in [1.29, 1.82) is 0 Å². The summed E-state index contributed by atoms with van der Waals surface area (Å²) in [5.74, 6) is -2.45. The second-order valence-electron chi connectivity index (χ2n) is 2.13. The van der Waals surface area contributed by atoms with Gasteiger partial charge in [-0.1, -0.05) is 0 Å². The Labute approximate surface area is 62.8 Å². The molecule has 0 spiro atoms. The first kappa shape index (κ1) is 9.86. The molecule has 0 aromatic rings. The van der Waals surface area contributed by atoms with Crippen molar-refractivity contribution in [2.24, 2.45) is 11.5 Å². The number of aliphatic carboxylic acids is 2. The molecular weight excluding hydrogens is 152 g/mol. The summed E-state index contributed by atoms with van der Waals surface area (Å²) >= 11 is 0. The van der Waals surface area contributed by atoms with E-state index >= 15 is 0 Å². The zero-order chi connectivity index (χ0) is 9.02. The number of carbonyl (C=O) groups is 2. The molecule has 6 heteroatoms. The van der Waals surface area contributed by atoms with Crippen LogP contribution >= 0.6 is 0 Å². The van der Waals surface area contributed by atoms with Crippen LogP contribution in [0.1, 0.15) is 6.42 Å². The first-order valence-corrected chi connectivity index (χ1v) is 2.91. The summed E-state index contributed by atoms with van der Waals surface area (Å²) in [5, 5.41) is 16.5. The third-order valence-corrected chi connectivity index (χ3v) is 1.16. The zero-order valence-corrected chi connectivity index (χ0v) is 5.73. The summed E-state index contributed by atoms with van der Waals surface area (Å²) in [5.41, 5.74) is 10.2. The normalized spacial score (nSPS) is 15.5. The molecule has 0 saturated heterocycles. The molecule has 0 aliphatic heterocycles. The molecule has 0 aromatic carbocycles. The van der Waals surface area contributed by atoms with Gasteiger partial charge in [-0.2, -0.15) is 0 Å². The van der Waals surface area contributed by atoms with Crippen LogP contribution in [-0.4, -0.2) is 34.2 Å². The summed E-state index contributed by atoms with van der Waals surface area (Å²) in [4.78, 5) is 20.1. The fraction of sp³-hybridized carbons (Fsp3) is 0.600. The van der Waals surface area contributed by atoms with Crippen molar-refractivity contribution in [1.82, 2.24) is 0 Å². The Kier molecular flexibility index (Phi) is 3.49. The second kappa shape index (κ2) is 3.89. The van der Waals surface area contributed by atoms with E-state index in [0.717, 1.165) is 0 Å². The topological polar surface area (TPSA) is 127 Å². The van der Waals surface area contributed by atoms with Crippen LogP contribution in [0.25, 0.3) is 0 Å². The molecule has 64 valence electrons. The Morgan fingerprint density at radius 3 is 2.00 bits per heavy atom. The maximum Gasteiger partial charge on any atom is 0.322 e. The van der Waals surface area contributed by atoms with Gasteiger partial charge in [-0.15, -0.1) is 0 Å². The predicted octanol–water partition coefficient (Wildman–Crippen LogP) is -1.80. The van der Waals surface area contributed by atoms with E-state index in [1.54, 1.807) is 0 Å². The Balaban J connectivity index is 3.92. The molecule has 0 aliphatic rings. The fourth-order valence-corrected chi connectivity index (χ4v) is 0.512. The van der Waals surface area contributed by atoms with Crippen molar-refractivity contribution in [3.05, 3.63) is 0 Å². The highest BCUT2D eigenvalue weighted by molar-refractivity contribution is 5.76. The third kappa shape index (κ3) is 3.54. The molecule has 0 rings (SSSR count). The zero-order valence-electron chi connectivity index (χ0n) is 5.73. The lowest BCUT2D eigenvalue weighted by atomic mass is 10.1. The van der Waals surface area contributed by atoms with E-state index in [2.05, 4.69) is 0 Å². The van der Waals surface area contributed by atoms with Crippen molar-refractivity contribution in [3.8, 4) is 0 Å². The van der Waals surface area contributed by atoms with Gasteiger partial charge < -0.3 is 21.7 Å².